The number of sulfone groups is 1. The first-order chi connectivity index (χ1) is 15.6. The highest BCUT2D eigenvalue weighted by Crippen LogP contribution is 2.31. The van der Waals surface area contributed by atoms with Crippen LogP contribution in [0.2, 0.25) is 0 Å². The summed E-state index contributed by atoms with van der Waals surface area (Å²) in [5.74, 6) is 0.0585. The number of thiophene rings is 1. The van der Waals surface area contributed by atoms with E-state index in [1.807, 2.05) is 13.8 Å². The summed E-state index contributed by atoms with van der Waals surface area (Å²) in [6.45, 7) is 3.94. The van der Waals surface area contributed by atoms with E-state index in [4.69, 9.17) is 0 Å². The second-order valence-corrected chi connectivity index (χ2v) is 12.6. The van der Waals surface area contributed by atoms with Crippen molar-refractivity contribution in [1.29, 1.82) is 0 Å². The van der Waals surface area contributed by atoms with Crippen molar-refractivity contribution in [2.24, 2.45) is 5.92 Å². The van der Waals surface area contributed by atoms with Crippen LogP contribution in [0.1, 0.15) is 13.8 Å². The minimum atomic E-state index is -3.78. The molecule has 1 heterocycles. The average Bonchev–Trinajstić information content (AvgIpc) is 3.28. The van der Waals surface area contributed by atoms with Gasteiger partial charge in [0.2, 0.25) is 19.9 Å². The molecule has 0 bridgehead atoms. The van der Waals surface area contributed by atoms with Crippen LogP contribution in [0.5, 0.6) is 0 Å². The maximum absolute atomic E-state index is 13.1. The van der Waals surface area contributed by atoms with Crippen LogP contribution in [-0.4, -0.2) is 52.0 Å². The van der Waals surface area contributed by atoms with Crippen LogP contribution < -0.4 is 5.32 Å². The number of rotatable bonds is 11. The molecule has 1 aromatic heterocycles. The van der Waals surface area contributed by atoms with Crippen molar-refractivity contribution in [3.63, 3.8) is 0 Å². The standard InChI is InChI=1S/C23H28N2O5S3/c1-18(2)14-25(33(29,30)21-11-7-4-8-12-21)15-19(26)13-24-22-16-31-17-23(22)32(27,28)20-9-5-3-6-10-20/h3-12,16-19,24,26H,13-15H2,1-2H3. The van der Waals surface area contributed by atoms with Gasteiger partial charge in [0.25, 0.3) is 0 Å². The summed E-state index contributed by atoms with van der Waals surface area (Å²) in [6, 6.07) is 16.2. The van der Waals surface area contributed by atoms with E-state index in [0.717, 1.165) is 0 Å². The minimum absolute atomic E-state index is 0.00700. The average molecular weight is 509 g/mol. The van der Waals surface area contributed by atoms with E-state index in [2.05, 4.69) is 5.32 Å². The van der Waals surface area contributed by atoms with Crippen molar-refractivity contribution in [1.82, 2.24) is 4.31 Å². The number of nitrogens with one attached hydrogen (secondary N) is 1. The van der Waals surface area contributed by atoms with Gasteiger partial charge < -0.3 is 10.4 Å². The van der Waals surface area contributed by atoms with E-state index >= 15 is 0 Å². The van der Waals surface area contributed by atoms with Gasteiger partial charge in [-0.3, -0.25) is 0 Å². The molecule has 0 aliphatic carbocycles. The van der Waals surface area contributed by atoms with Crippen LogP contribution in [-0.2, 0) is 19.9 Å². The van der Waals surface area contributed by atoms with E-state index in [0.29, 0.717) is 5.69 Å². The van der Waals surface area contributed by atoms with Crippen LogP contribution in [0, 0.1) is 5.92 Å². The van der Waals surface area contributed by atoms with Gasteiger partial charge in [-0.25, -0.2) is 16.8 Å². The molecule has 0 fully saturated rings. The van der Waals surface area contributed by atoms with Gasteiger partial charge >= 0.3 is 0 Å². The zero-order valence-electron chi connectivity index (χ0n) is 18.5. The number of hydrogen-bond acceptors (Lipinski definition) is 7. The highest BCUT2D eigenvalue weighted by molar-refractivity contribution is 7.91. The van der Waals surface area contributed by atoms with Crippen LogP contribution in [0.15, 0.2) is 86.1 Å². The lowest BCUT2D eigenvalue weighted by molar-refractivity contribution is 0.153. The first-order valence-corrected chi connectivity index (χ1v) is 14.3. The molecule has 33 heavy (non-hydrogen) atoms. The normalized spacial score (nSPS) is 13.4. The summed E-state index contributed by atoms with van der Waals surface area (Å²) in [4.78, 5) is 0.478. The summed E-state index contributed by atoms with van der Waals surface area (Å²) < 4.78 is 53.4. The summed E-state index contributed by atoms with van der Waals surface area (Å²) in [5.41, 5.74) is 0.379. The van der Waals surface area contributed by atoms with Crippen LogP contribution in [0.3, 0.4) is 0 Å². The fraction of sp³-hybridized carbons (Fsp3) is 0.304. The van der Waals surface area contributed by atoms with E-state index in [1.165, 1.54) is 39.9 Å². The fourth-order valence-corrected chi connectivity index (χ4v) is 7.56. The predicted octanol–water partition coefficient (Wildman–Crippen LogP) is 3.70. The summed E-state index contributed by atoms with van der Waals surface area (Å²) >= 11 is 1.23. The van der Waals surface area contributed by atoms with E-state index in [-0.39, 0.29) is 40.2 Å². The van der Waals surface area contributed by atoms with E-state index < -0.39 is 26.0 Å². The maximum atomic E-state index is 13.1. The lowest BCUT2D eigenvalue weighted by atomic mass is 10.2. The number of hydrogen-bond donors (Lipinski definition) is 2. The number of aliphatic hydroxyl groups excluding tert-OH is 1. The van der Waals surface area contributed by atoms with Gasteiger partial charge in [-0.1, -0.05) is 50.2 Å². The van der Waals surface area contributed by atoms with Crippen molar-refractivity contribution in [2.45, 2.75) is 34.6 Å². The van der Waals surface area contributed by atoms with Gasteiger partial charge in [0, 0.05) is 30.4 Å². The Morgan fingerprint density at radius 1 is 0.879 bits per heavy atom. The molecule has 3 rings (SSSR count). The van der Waals surface area contributed by atoms with Crippen LogP contribution >= 0.6 is 11.3 Å². The minimum Gasteiger partial charge on any atom is -0.390 e. The van der Waals surface area contributed by atoms with Gasteiger partial charge in [-0.15, -0.1) is 11.3 Å². The van der Waals surface area contributed by atoms with Crippen molar-refractivity contribution in [2.75, 3.05) is 25.0 Å². The first-order valence-electron chi connectivity index (χ1n) is 10.5. The second-order valence-electron chi connectivity index (χ2n) is 8.03. The Balaban J connectivity index is 1.73. The lowest BCUT2D eigenvalue weighted by Crippen LogP contribution is -2.41. The van der Waals surface area contributed by atoms with Gasteiger partial charge in [0.1, 0.15) is 4.90 Å². The lowest BCUT2D eigenvalue weighted by Gasteiger charge is -2.26. The Morgan fingerprint density at radius 3 is 2.03 bits per heavy atom. The highest BCUT2D eigenvalue weighted by Gasteiger charge is 2.28. The van der Waals surface area contributed by atoms with Gasteiger partial charge in [0.05, 0.1) is 21.6 Å². The Hall–Kier alpha value is -2.24. The maximum Gasteiger partial charge on any atom is 0.243 e. The Bertz CT molecular complexity index is 1240. The quantitative estimate of drug-likeness (QED) is 0.409. The number of nitrogens with zero attached hydrogens (tertiary/aromatic N) is 1. The molecule has 1 atom stereocenters. The number of aliphatic hydroxyl groups is 1. The molecule has 178 valence electrons. The summed E-state index contributed by atoms with van der Waals surface area (Å²) in [6.07, 6.45) is -1.05. The molecule has 0 saturated heterocycles. The first kappa shape index (κ1) is 25.4. The topological polar surface area (TPSA) is 104 Å². The SMILES string of the molecule is CC(C)CN(CC(O)CNc1cscc1S(=O)(=O)c1ccccc1)S(=O)(=O)c1ccccc1. The molecular formula is C23H28N2O5S3. The molecule has 2 aromatic carbocycles. The van der Waals surface area contributed by atoms with Crippen LogP contribution in [0.25, 0.3) is 0 Å². The van der Waals surface area contributed by atoms with Crippen molar-refractivity contribution in [3.05, 3.63) is 71.4 Å². The Kier molecular flexibility index (Phi) is 8.30. The zero-order valence-corrected chi connectivity index (χ0v) is 20.9. The molecule has 0 spiro atoms. The molecule has 0 amide bonds. The van der Waals surface area contributed by atoms with E-state index in [9.17, 15) is 21.9 Å². The van der Waals surface area contributed by atoms with Crippen molar-refractivity contribution < 1.29 is 21.9 Å². The fourth-order valence-electron chi connectivity index (χ4n) is 3.30. The molecule has 0 aliphatic rings. The number of benzene rings is 2. The molecule has 0 radical (unpaired) electrons. The highest BCUT2D eigenvalue weighted by atomic mass is 32.2. The summed E-state index contributed by atoms with van der Waals surface area (Å²) in [7, 11) is -7.49. The molecule has 2 N–H and O–H groups in total. The predicted molar refractivity (Wildman–Crippen MR) is 131 cm³/mol. The van der Waals surface area contributed by atoms with Crippen LogP contribution in [0.4, 0.5) is 5.69 Å². The third-order valence-electron chi connectivity index (χ3n) is 4.86. The molecular weight excluding hydrogens is 480 g/mol. The third-order valence-corrected chi connectivity index (χ3v) is 9.41. The zero-order chi connectivity index (χ0) is 24.1. The number of sulfonamides is 1. The van der Waals surface area contributed by atoms with E-state index in [1.54, 1.807) is 47.2 Å². The molecule has 3 aromatic rings. The molecule has 0 aliphatic heterocycles. The molecule has 10 heteroatoms. The van der Waals surface area contributed by atoms with Crippen molar-refractivity contribution in [3.8, 4) is 0 Å². The monoisotopic (exact) mass is 508 g/mol. The Labute approximate surface area is 199 Å². The van der Waals surface area contributed by atoms with Gasteiger partial charge in [-0.05, 0) is 30.2 Å². The third kappa shape index (κ3) is 6.21. The smallest absolute Gasteiger partial charge is 0.243 e. The number of anilines is 1. The van der Waals surface area contributed by atoms with Crippen molar-refractivity contribution >= 4 is 36.9 Å². The second kappa shape index (κ2) is 10.8. The molecule has 7 nitrogen and oxygen atoms in total. The summed E-state index contributed by atoms with van der Waals surface area (Å²) in [5, 5.41) is 16.8. The van der Waals surface area contributed by atoms with Gasteiger partial charge in [-0.2, -0.15) is 4.31 Å². The Morgan fingerprint density at radius 2 is 1.45 bits per heavy atom. The largest absolute Gasteiger partial charge is 0.390 e. The molecule has 1 unspecified atom stereocenters. The molecule has 0 saturated carbocycles. The van der Waals surface area contributed by atoms with Gasteiger partial charge in [0.15, 0.2) is 0 Å².